The summed E-state index contributed by atoms with van der Waals surface area (Å²) in [6.07, 6.45) is 0. The molecule has 1 rings (SSSR count). The van der Waals surface area contributed by atoms with Gasteiger partial charge in [-0.15, -0.1) is 0 Å². The van der Waals surface area contributed by atoms with Crippen molar-refractivity contribution < 1.29 is 4.74 Å². The fourth-order valence-electron chi connectivity index (χ4n) is 0.983. The fourth-order valence-corrected chi connectivity index (χ4v) is 1.65. The van der Waals surface area contributed by atoms with Gasteiger partial charge in [-0.25, -0.2) is 0 Å². The van der Waals surface area contributed by atoms with Crippen LogP contribution in [0.5, 0.6) is 0 Å². The normalized spacial score (nSPS) is 22.3. The van der Waals surface area contributed by atoms with E-state index in [1.165, 1.54) is 11.8 Å². The minimum atomic E-state index is 0.931. The predicted molar refractivity (Wildman–Crippen MR) is 39.2 cm³/mol. The molecule has 0 amide bonds. The van der Waals surface area contributed by atoms with Crippen molar-refractivity contribution >= 4 is 16.9 Å². The zero-order valence-electron chi connectivity index (χ0n) is 5.60. The monoisotopic (exact) mass is 190 g/mol. The maximum atomic E-state index is 5.20. The molecular formula is C6H13AsNO. The summed E-state index contributed by atoms with van der Waals surface area (Å²) in [5.74, 6) is 0. The van der Waals surface area contributed by atoms with Gasteiger partial charge in [-0.1, -0.05) is 0 Å². The van der Waals surface area contributed by atoms with Gasteiger partial charge in [0.1, 0.15) is 0 Å². The topological polar surface area (TPSA) is 12.5 Å². The van der Waals surface area contributed by atoms with Crippen LogP contribution >= 0.6 is 0 Å². The van der Waals surface area contributed by atoms with Gasteiger partial charge in [-0.3, -0.25) is 0 Å². The summed E-state index contributed by atoms with van der Waals surface area (Å²) < 4.78 is 5.20. The van der Waals surface area contributed by atoms with Crippen LogP contribution in [0.25, 0.3) is 0 Å². The van der Waals surface area contributed by atoms with Crippen LogP contribution in [0.15, 0.2) is 0 Å². The number of ether oxygens (including phenoxy) is 1. The Morgan fingerprint density at radius 3 is 2.56 bits per heavy atom. The van der Waals surface area contributed by atoms with Crippen LogP contribution in [-0.2, 0) is 4.74 Å². The van der Waals surface area contributed by atoms with E-state index in [1.807, 2.05) is 0 Å². The van der Waals surface area contributed by atoms with Gasteiger partial charge >= 0.3 is 64.5 Å². The minimum absolute atomic E-state index is 0.931. The molecule has 1 aliphatic heterocycles. The summed E-state index contributed by atoms with van der Waals surface area (Å²) >= 11 is 2.22. The average molecular weight is 190 g/mol. The number of hydrogen-bond acceptors (Lipinski definition) is 2. The molecule has 0 aromatic rings. The molecule has 9 heavy (non-hydrogen) atoms. The zero-order chi connectivity index (χ0) is 6.53. The van der Waals surface area contributed by atoms with Crippen molar-refractivity contribution in [3.63, 3.8) is 0 Å². The van der Waals surface area contributed by atoms with Crippen LogP contribution in [0.1, 0.15) is 0 Å². The van der Waals surface area contributed by atoms with E-state index in [-0.39, 0.29) is 0 Å². The molecule has 0 saturated carbocycles. The van der Waals surface area contributed by atoms with Crippen molar-refractivity contribution in [2.75, 3.05) is 32.8 Å². The van der Waals surface area contributed by atoms with Crippen molar-refractivity contribution in [3.8, 4) is 0 Å². The third-order valence-corrected chi connectivity index (χ3v) is 2.00. The van der Waals surface area contributed by atoms with Crippen molar-refractivity contribution in [1.82, 2.24) is 4.90 Å². The first kappa shape index (κ1) is 7.58. The molecule has 0 aromatic carbocycles. The van der Waals surface area contributed by atoms with Crippen LogP contribution in [-0.4, -0.2) is 54.6 Å². The van der Waals surface area contributed by atoms with E-state index >= 15 is 0 Å². The molecule has 0 N–H and O–H groups in total. The molecular weight excluding hydrogens is 177 g/mol. The number of rotatable bonds is 2. The van der Waals surface area contributed by atoms with E-state index in [2.05, 4.69) is 21.8 Å². The van der Waals surface area contributed by atoms with Crippen LogP contribution in [0, 0.1) is 0 Å². The van der Waals surface area contributed by atoms with Crippen LogP contribution < -0.4 is 0 Å². The van der Waals surface area contributed by atoms with Gasteiger partial charge in [-0.05, 0) is 0 Å². The Bertz CT molecular complexity index is 70.7. The first-order valence-electron chi connectivity index (χ1n) is 3.38. The van der Waals surface area contributed by atoms with E-state index < -0.39 is 0 Å². The van der Waals surface area contributed by atoms with Crippen LogP contribution in [0.3, 0.4) is 0 Å². The van der Waals surface area contributed by atoms with Crippen LogP contribution in [0.2, 0.25) is 5.21 Å². The molecule has 0 aromatic heterocycles. The second-order valence-corrected chi connectivity index (χ2v) is 3.25. The van der Waals surface area contributed by atoms with Crippen molar-refractivity contribution in [3.05, 3.63) is 0 Å². The Morgan fingerprint density at radius 1 is 1.33 bits per heavy atom. The van der Waals surface area contributed by atoms with E-state index in [0.717, 1.165) is 26.3 Å². The van der Waals surface area contributed by atoms with Gasteiger partial charge in [-0.2, -0.15) is 0 Å². The quantitative estimate of drug-likeness (QED) is 0.551. The van der Waals surface area contributed by atoms with Gasteiger partial charge in [0.2, 0.25) is 0 Å². The number of nitrogens with zero attached hydrogens (tertiary/aromatic N) is 1. The van der Waals surface area contributed by atoms with Crippen molar-refractivity contribution in [2.24, 2.45) is 0 Å². The second-order valence-electron chi connectivity index (χ2n) is 2.20. The van der Waals surface area contributed by atoms with E-state index in [4.69, 9.17) is 4.74 Å². The molecule has 2 nitrogen and oxygen atoms in total. The Hall–Kier alpha value is 0.478. The summed E-state index contributed by atoms with van der Waals surface area (Å²) in [5, 5.41) is 1.26. The van der Waals surface area contributed by atoms with E-state index in [0.29, 0.717) is 0 Å². The van der Waals surface area contributed by atoms with Crippen LogP contribution in [0.4, 0.5) is 0 Å². The fraction of sp³-hybridized carbons (Fsp3) is 1.00. The van der Waals surface area contributed by atoms with Gasteiger partial charge < -0.3 is 0 Å². The molecule has 1 saturated heterocycles. The molecule has 3 heteroatoms. The number of hydrogen-bond donors (Lipinski definition) is 0. The standard InChI is InChI=1S/C6H13AsNO/c7-1-2-8-3-5-9-6-4-8/h7H,1-6H2. The third kappa shape index (κ3) is 2.70. The van der Waals surface area contributed by atoms with Gasteiger partial charge in [0.15, 0.2) is 0 Å². The summed E-state index contributed by atoms with van der Waals surface area (Å²) in [5.41, 5.74) is 0. The molecule has 0 aliphatic carbocycles. The molecule has 0 atom stereocenters. The summed E-state index contributed by atoms with van der Waals surface area (Å²) in [4.78, 5) is 2.45. The molecule has 0 unspecified atom stereocenters. The molecule has 0 spiro atoms. The van der Waals surface area contributed by atoms with Gasteiger partial charge in [0.25, 0.3) is 0 Å². The summed E-state index contributed by atoms with van der Waals surface area (Å²) in [6.45, 7) is 5.37. The maximum absolute atomic E-state index is 5.20. The van der Waals surface area contributed by atoms with Crippen molar-refractivity contribution in [1.29, 1.82) is 0 Å². The van der Waals surface area contributed by atoms with E-state index in [9.17, 15) is 0 Å². The Balaban J connectivity index is 2.08. The molecule has 53 valence electrons. The first-order chi connectivity index (χ1) is 4.43. The predicted octanol–water partition coefficient (Wildman–Crippen LogP) is -0.362. The molecule has 0 bridgehead atoms. The molecule has 1 radical (unpaired) electrons. The van der Waals surface area contributed by atoms with Crippen molar-refractivity contribution in [2.45, 2.75) is 5.21 Å². The zero-order valence-corrected chi connectivity index (χ0v) is 7.70. The van der Waals surface area contributed by atoms with Gasteiger partial charge in [0, 0.05) is 0 Å². The second kappa shape index (κ2) is 4.32. The first-order valence-corrected chi connectivity index (χ1v) is 4.86. The number of morpholine rings is 1. The molecule has 1 fully saturated rings. The summed E-state index contributed by atoms with van der Waals surface area (Å²) in [7, 11) is 0. The molecule has 1 heterocycles. The van der Waals surface area contributed by atoms with E-state index in [1.54, 1.807) is 0 Å². The Labute approximate surface area is 65.1 Å². The molecule has 1 aliphatic rings. The van der Waals surface area contributed by atoms with Gasteiger partial charge in [0.05, 0.1) is 0 Å². The average Bonchev–Trinajstić information content (AvgIpc) is 1.91. The summed E-state index contributed by atoms with van der Waals surface area (Å²) in [6, 6.07) is 0. The SMILES string of the molecule is [AsH]CCN1CCOCC1. The third-order valence-electron chi connectivity index (χ3n) is 1.53. The Morgan fingerprint density at radius 2 is 2.00 bits per heavy atom. The Kier molecular flexibility index (Phi) is 3.64.